The first-order valence-electron chi connectivity index (χ1n) is 8.99. The molecule has 0 bridgehead atoms. The number of nitrogens with zero attached hydrogens (tertiary/aromatic N) is 3. The highest BCUT2D eigenvalue weighted by Crippen LogP contribution is 2.35. The first-order valence-corrected chi connectivity index (χ1v) is 11.3. The van der Waals surface area contributed by atoms with Crippen molar-refractivity contribution in [1.82, 2.24) is 9.21 Å². The van der Waals surface area contributed by atoms with Crippen LogP contribution in [-0.2, 0) is 10.0 Å². The van der Waals surface area contributed by atoms with Gasteiger partial charge in [0.25, 0.3) is 5.91 Å². The van der Waals surface area contributed by atoms with Crippen molar-refractivity contribution in [2.75, 3.05) is 32.5 Å². The predicted octanol–water partition coefficient (Wildman–Crippen LogP) is 2.91. The van der Waals surface area contributed by atoms with E-state index in [1.54, 1.807) is 11.8 Å². The van der Waals surface area contributed by atoms with E-state index in [2.05, 4.69) is 20.6 Å². The molecule has 150 valence electrons. The van der Waals surface area contributed by atoms with Crippen LogP contribution in [0.5, 0.6) is 0 Å². The van der Waals surface area contributed by atoms with Crippen LogP contribution in [-0.4, -0.2) is 55.9 Å². The van der Waals surface area contributed by atoms with Gasteiger partial charge < -0.3 is 10.2 Å². The number of anilines is 1. The molecule has 2 aliphatic rings. The average Bonchev–Trinajstić information content (AvgIpc) is 3.32. The normalized spacial score (nSPS) is 15.9. The van der Waals surface area contributed by atoms with E-state index >= 15 is 0 Å². The summed E-state index contributed by atoms with van der Waals surface area (Å²) in [6, 6.07) is 13.5. The first-order chi connectivity index (χ1) is 13.9. The zero-order valence-electron chi connectivity index (χ0n) is 16.0. The monoisotopic (exact) mass is 428 g/mol. The largest absolute Gasteiger partial charge is 0.322 e. The van der Waals surface area contributed by atoms with E-state index in [1.807, 2.05) is 24.3 Å². The van der Waals surface area contributed by atoms with E-state index in [-0.39, 0.29) is 10.8 Å². The van der Waals surface area contributed by atoms with Crippen LogP contribution < -0.4 is 5.32 Å². The van der Waals surface area contributed by atoms with E-state index in [9.17, 15) is 13.2 Å². The Kier molecular flexibility index (Phi) is 5.20. The number of carbonyl (C=O) groups excluding carboxylic acids is 1. The first kappa shape index (κ1) is 19.7. The minimum Gasteiger partial charge on any atom is -0.322 e. The van der Waals surface area contributed by atoms with E-state index < -0.39 is 10.0 Å². The average molecular weight is 429 g/mol. The molecular weight excluding hydrogens is 408 g/mol. The van der Waals surface area contributed by atoms with Crippen LogP contribution in [0.1, 0.15) is 15.9 Å². The Morgan fingerprint density at radius 3 is 2.45 bits per heavy atom. The Bertz CT molecular complexity index is 1110. The molecule has 1 N–H and O–H groups in total. The summed E-state index contributed by atoms with van der Waals surface area (Å²) in [7, 11) is -0.576. The summed E-state index contributed by atoms with van der Waals surface area (Å²) in [5.41, 5.74) is 3.26. The molecule has 29 heavy (non-hydrogen) atoms. The number of nitrogens with one attached hydrogen (secondary N) is 1. The Balaban J connectivity index is 1.44. The third-order valence-electron chi connectivity index (χ3n) is 4.70. The van der Waals surface area contributed by atoms with E-state index in [1.165, 1.54) is 38.4 Å². The van der Waals surface area contributed by atoms with Gasteiger partial charge in [-0.25, -0.2) is 12.7 Å². The molecule has 0 fully saturated rings. The lowest BCUT2D eigenvalue weighted by molar-refractivity contribution is 0.102. The quantitative estimate of drug-likeness (QED) is 0.792. The molecule has 0 spiro atoms. The molecule has 0 radical (unpaired) electrons. The SMILES string of the molecule is CN(C)S(=O)(=O)c1ccc(C(=O)Nc2ccc(C3=CSC4=NCCN34)cc2)cc1. The van der Waals surface area contributed by atoms with Gasteiger partial charge in [-0.3, -0.25) is 9.79 Å². The number of aliphatic imine (C=N–C) groups is 1. The molecule has 7 nitrogen and oxygen atoms in total. The maximum Gasteiger partial charge on any atom is 0.255 e. The molecule has 4 rings (SSSR count). The van der Waals surface area contributed by atoms with Gasteiger partial charge in [-0.2, -0.15) is 0 Å². The molecule has 9 heteroatoms. The molecule has 0 atom stereocenters. The maximum absolute atomic E-state index is 12.5. The van der Waals surface area contributed by atoms with Crippen LogP contribution in [0.3, 0.4) is 0 Å². The molecular formula is C20H20N4O3S2. The van der Waals surface area contributed by atoms with E-state index in [4.69, 9.17) is 0 Å². The molecule has 2 aromatic carbocycles. The van der Waals surface area contributed by atoms with Gasteiger partial charge in [0.15, 0.2) is 5.17 Å². The van der Waals surface area contributed by atoms with Gasteiger partial charge in [0.05, 0.1) is 17.1 Å². The zero-order valence-corrected chi connectivity index (χ0v) is 17.6. The van der Waals surface area contributed by atoms with Gasteiger partial charge in [-0.05, 0) is 42.0 Å². The Morgan fingerprint density at radius 1 is 1.10 bits per heavy atom. The number of rotatable bonds is 5. The number of hydrogen-bond donors (Lipinski definition) is 1. The number of carbonyl (C=O) groups is 1. The van der Waals surface area contributed by atoms with Gasteiger partial charge in [0.2, 0.25) is 10.0 Å². The second-order valence-corrected chi connectivity index (χ2v) is 9.77. The summed E-state index contributed by atoms with van der Waals surface area (Å²) in [5, 5.41) is 5.97. The summed E-state index contributed by atoms with van der Waals surface area (Å²) in [4.78, 5) is 19.3. The maximum atomic E-state index is 12.5. The standard InChI is InChI=1S/C20H20N4O3S2/c1-23(2)29(26,27)17-9-5-15(6-10-17)19(25)22-16-7-3-14(4-8-16)18-13-28-20-21-11-12-24(18)20/h3-10,13H,11-12H2,1-2H3,(H,22,25). The van der Waals surface area contributed by atoms with Crippen molar-refractivity contribution in [1.29, 1.82) is 0 Å². The van der Waals surface area contributed by atoms with Crippen LogP contribution >= 0.6 is 11.8 Å². The molecule has 0 saturated carbocycles. The number of amides is 1. The molecule has 2 aliphatic heterocycles. The number of sulfonamides is 1. The van der Waals surface area contributed by atoms with Crippen molar-refractivity contribution in [2.45, 2.75) is 4.90 Å². The number of hydrogen-bond acceptors (Lipinski definition) is 6. The van der Waals surface area contributed by atoms with Crippen LogP contribution in [0.25, 0.3) is 5.70 Å². The lowest BCUT2D eigenvalue weighted by Crippen LogP contribution is -2.22. The zero-order chi connectivity index (χ0) is 20.6. The fourth-order valence-electron chi connectivity index (χ4n) is 3.06. The lowest BCUT2D eigenvalue weighted by Gasteiger charge is -2.17. The minimum absolute atomic E-state index is 0.149. The fourth-order valence-corrected chi connectivity index (χ4v) is 4.93. The highest BCUT2D eigenvalue weighted by atomic mass is 32.2. The molecule has 0 saturated heterocycles. The summed E-state index contributed by atoms with van der Waals surface area (Å²) in [6.07, 6.45) is 0. The van der Waals surface area contributed by atoms with Crippen molar-refractivity contribution >= 4 is 44.2 Å². The van der Waals surface area contributed by atoms with Gasteiger partial charge in [-0.1, -0.05) is 23.9 Å². The van der Waals surface area contributed by atoms with Crippen LogP contribution in [0, 0.1) is 0 Å². The topological polar surface area (TPSA) is 82.1 Å². The number of amidine groups is 1. The molecule has 2 aromatic rings. The van der Waals surface area contributed by atoms with Crippen molar-refractivity contribution in [3.05, 3.63) is 65.1 Å². The number of fused-ring (bicyclic) bond motifs is 1. The molecule has 1 amide bonds. The summed E-state index contributed by atoms with van der Waals surface area (Å²) >= 11 is 1.63. The Labute approximate surface area is 174 Å². The molecule has 2 heterocycles. The molecule has 0 unspecified atom stereocenters. The molecule has 0 aliphatic carbocycles. The van der Waals surface area contributed by atoms with Crippen LogP contribution in [0.15, 0.2) is 63.8 Å². The fraction of sp³-hybridized carbons (Fsp3) is 0.200. The van der Waals surface area contributed by atoms with Crippen molar-refractivity contribution in [3.8, 4) is 0 Å². The third kappa shape index (κ3) is 3.81. The second-order valence-electron chi connectivity index (χ2n) is 6.78. The van der Waals surface area contributed by atoms with Gasteiger partial charge in [0.1, 0.15) is 0 Å². The Morgan fingerprint density at radius 2 is 1.79 bits per heavy atom. The predicted molar refractivity (Wildman–Crippen MR) is 116 cm³/mol. The van der Waals surface area contributed by atoms with E-state index in [0.717, 1.165) is 33.8 Å². The Hall–Kier alpha value is -2.62. The van der Waals surface area contributed by atoms with Crippen LogP contribution in [0.4, 0.5) is 5.69 Å². The number of thioether (sulfide) groups is 1. The summed E-state index contributed by atoms with van der Waals surface area (Å²) < 4.78 is 25.4. The van der Waals surface area contributed by atoms with Crippen molar-refractivity contribution < 1.29 is 13.2 Å². The number of benzene rings is 2. The van der Waals surface area contributed by atoms with Gasteiger partial charge in [-0.15, -0.1) is 0 Å². The second kappa shape index (κ2) is 7.66. The summed E-state index contributed by atoms with van der Waals surface area (Å²) in [5.74, 6) is -0.295. The van der Waals surface area contributed by atoms with Crippen LogP contribution in [0.2, 0.25) is 0 Å². The van der Waals surface area contributed by atoms with Crippen molar-refractivity contribution in [2.24, 2.45) is 4.99 Å². The minimum atomic E-state index is -3.52. The molecule has 0 aromatic heterocycles. The van der Waals surface area contributed by atoms with Gasteiger partial charge in [0, 0.05) is 37.3 Å². The third-order valence-corrected chi connectivity index (χ3v) is 7.43. The van der Waals surface area contributed by atoms with Gasteiger partial charge >= 0.3 is 0 Å². The summed E-state index contributed by atoms with van der Waals surface area (Å²) in [6.45, 7) is 1.72. The highest BCUT2D eigenvalue weighted by Gasteiger charge is 2.27. The van der Waals surface area contributed by atoms with E-state index in [0.29, 0.717) is 11.3 Å². The lowest BCUT2D eigenvalue weighted by atomic mass is 10.1. The smallest absolute Gasteiger partial charge is 0.255 e. The highest BCUT2D eigenvalue weighted by molar-refractivity contribution is 8.16. The van der Waals surface area contributed by atoms with Crippen molar-refractivity contribution in [3.63, 3.8) is 0 Å².